The van der Waals surface area contributed by atoms with Crippen molar-refractivity contribution in [2.24, 2.45) is 0 Å². The number of methoxy groups -OCH3 is 1. The molecule has 0 aromatic heterocycles. The quantitative estimate of drug-likeness (QED) is 0.591. The lowest BCUT2D eigenvalue weighted by Crippen LogP contribution is -2.11. The van der Waals surface area contributed by atoms with Gasteiger partial charge in [-0.05, 0) is 12.2 Å². The molecule has 0 saturated carbocycles. The molecule has 56 valence electrons. The number of ether oxygens (including phenoxy) is 1. The molecule has 0 bridgehead atoms. The Morgan fingerprint density at radius 3 is 2.44 bits per heavy atom. The van der Waals surface area contributed by atoms with Crippen molar-refractivity contribution in [3.8, 4) is 0 Å². The van der Waals surface area contributed by atoms with Crippen LogP contribution in [-0.2, 0) is 4.74 Å². The van der Waals surface area contributed by atoms with E-state index in [9.17, 15) is 0 Å². The second-order valence-corrected chi connectivity index (χ2v) is 3.24. The lowest BCUT2D eigenvalue weighted by molar-refractivity contribution is 0.119. The van der Waals surface area contributed by atoms with Gasteiger partial charge in [-0.25, -0.2) is 0 Å². The summed E-state index contributed by atoms with van der Waals surface area (Å²) < 4.78 is 5.18. The van der Waals surface area contributed by atoms with Crippen molar-refractivity contribution >= 4 is 11.8 Å². The summed E-state index contributed by atoms with van der Waals surface area (Å²) in [6.45, 7) is 4.33. The van der Waals surface area contributed by atoms with Crippen molar-refractivity contribution in [2.45, 2.75) is 26.4 Å². The van der Waals surface area contributed by atoms with Crippen molar-refractivity contribution in [2.75, 3.05) is 18.6 Å². The highest BCUT2D eigenvalue weighted by molar-refractivity contribution is 7.99. The molecule has 0 rings (SSSR count). The van der Waals surface area contributed by atoms with Crippen LogP contribution in [0.25, 0.3) is 0 Å². The molecule has 0 aliphatic heterocycles. The van der Waals surface area contributed by atoms with Crippen LogP contribution in [0.3, 0.4) is 0 Å². The Kier molecular flexibility index (Phi) is 6.65. The van der Waals surface area contributed by atoms with Crippen LogP contribution in [0.15, 0.2) is 0 Å². The Labute approximate surface area is 62.2 Å². The van der Waals surface area contributed by atoms with Gasteiger partial charge < -0.3 is 4.74 Å². The highest BCUT2D eigenvalue weighted by atomic mass is 32.2. The van der Waals surface area contributed by atoms with E-state index in [1.54, 1.807) is 7.11 Å². The maximum Gasteiger partial charge on any atom is 0.0659 e. The van der Waals surface area contributed by atoms with E-state index >= 15 is 0 Å². The van der Waals surface area contributed by atoms with Crippen LogP contribution in [0.4, 0.5) is 0 Å². The molecule has 0 saturated heterocycles. The molecule has 1 atom stereocenters. The summed E-state index contributed by atoms with van der Waals surface area (Å²) in [5.74, 6) is 2.34. The van der Waals surface area contributed by atoms with E-state index in [1.807, 2.05) is 11.8 Å². The summed E-state index contributed by atoms with van der Waals surface area (Å²) in [5, 5.41) is 0. The van der Waals surface area contributed by atoms with Gasteiger partial charge in [0.15, 0.2) is 0 Å². The number of rotatable bonds is 5. The first-order valence-corrected chi connectivity index (χ1v) is 4.61. The largest absolute Gasteiger partial charge is 0.381 e. The van der Waals surface area contributed by atoms with Crippen LogP contribution in [0.2, 0.25) is 0 Å². The molecule has 1 unspecified atom stereocenters. The zero-order chi connectivity index (χ0) is 7.11. The third kappa shape index (κ3) is 4.79. The van der Waals surface area contributed by atoms with E-state index in [0.717, 1.165) is 12.2 Å². The monoisotopic (exact) mass is 148 g/mol. The fourth-order valence-electron chi connectivity index (χ4n) is 0.602. The van der Waals surface area contributed by atoms with Crippen LogP contribution in [0.5, 0.6) is 0 Å². The molecule has 0 aliphatic carbocycles. The van der Waals surface area contributed by atoms with Crippen LogP contribution in [-0.4, -0.2) is 24.7 Å². The van der Waals surface area contributed by atoms with Crippen molar-refractivity contribution < 1.29 is 4.74 Å². The van der Waals surface area contributed by atoms with Gasteiger partial charge in [0, 0.05) is 12.9 Å². The molecule has 1 nitrogen and oxygen atoms in total. The lowest BCUT2D eigenvalue weighted by atomic mass is 10.3. The van der Waals surface area contributed by atoms with Gasteiger partial charge in [-0.15, -0.1) is 0 Å². The Hall–Kier alpha value is 0.310. The normalized spacial score (nSPS) is 13.7. The maximum absolute atomic E-state index is 5.18. The Bertz CT molecular complexity index is 52.9. The van der Waals surface area contributed by atoms with Crippen molar-refractivity contribution in [1.82, 2.24) is 0 Å². The van der Waals surface area contributed by atoms with Gasteiger partial charge in [0.25, 0.3) is 0 Å². The zero-order valence-corrected chi connectivity index (χ0v) is 7.33. The highest BCUT2D eigenvalue weighted by Crippen LogP contribution is 2.06. The minimum Gasteiger partial charge on any atom is -0.381 e. The Morgan fingerprint density at radius 2 is 2.11 bits per heavy atom. The molecule has 2 heteroatoms. The third-order valence-electron chi connectivity index (χ3n) is 1.30. The number of thioether (sulfide) groups is 1. The second kappa shape index (κ2) is 6.43. The van der Waals surface area contributed by atoms with Gasteiger partial charge in [0.2, 0.25) is 0 Å². The fourth-order valence-corrected chi connectivity index (χ4v) is 1.47. The van der Waals surface area contributed by atoms with E-state index in [4.69, 9.17) is 4.74 Å². The van der Waals surface area contributed by atoms with E-state index in [1.165, 1.54) is 5.75 Å². The first kappa shape index (κ1) is 9.31. The molecule has 0 heterocycles. The minimum absolute atomic E-state index is 0.468. The standard InChI is InChI=1S/C7H16OS/c1-4-7(8-3)6-9-5-2/h7H,4-6H2,1-3H3. The van der Waals surface area contributed by atoms with E-state index in [2.05, 4.69) is 13.8 Å². The van der Waals surface area contributed by atoms with Gasteiger partial charge in [-0.1, -0.05) is 13.8 Å². The summed E-state index contributed by atoms with van der Waals surface area (Å²) in [6, 6.07) is 0. The average molecular weight is 148 g/mol. The third-order valence-corrected chi connectivity index (χ3v) is 2.31. The van der Waals surface area contributed by atoms with Gasteiger partial charge in [0.05, 0.1) is 6.10 Å². The first-order chi connectivity index (χ1) is 4.35. The molecule has 0 fully saturated rings. The van der Waals surface area contributed by atoms with Crippen LogP contribution in [0.1, 0.15) is 20.3 Å². The van der Waals surface area contributed by atoms with Crippen LogP contribution in [0, 0.1) is 0 Å². The molecule has 0 aliphatic rings. The molecule has 0 radical (unpaired) electrons. The maximum atomic E-state index is 5.18. The second-order valence-electron chi connectivity index (χ2n) is 1.93. The molecule has 9 heavy (non-hydrogen) atoms. The smallest absolute Gasteiger partial charge is 0.0659 e. The summed E-state index contributed by atoms with van der Waals surface area (Å²) in [4.78, 5) is 0. The highest BCUT2D eigenvalue weighted by Gasteiger charge is 2.01. The molecule has 0 amide bonds. The van der Waals surface area contributed by atoms with Crippen LogP contribution < -0.4 is 0 Å². The average Bonchev–Trinajstić information content (AvgIpc) is 1.91. The molecule has 0 spiro atoms. The minimum atomic E-state index is 0.468. The molecular weight excluding hydrogens is 132 g/mol. The van der Waals surface area contributed by atoms with Crippen LogP contribution >= 0.6 is 11.8 Å². The van der Waals surface area contributed by atoms with E-state index in [-0.39, 0.29) is 0 Å². The number of hydrogen-bond acceptors (Lipinski definition) is 2. The molecule has 0 aromatic rings. The first-order valence-electron chi connectivity index (χ1n) is 3.45. The zero-order valence-electron chi connectivity index (χ0n) is 6.52. The molecule has 0 aromatic carbocycles. The Balaban J connectivity index is 3.09. The van der Waals surface area contributed by atoms with E-state index < -0.39 is 0 Å². The summed E-state index contributed by atoms with van der Waals surface area (Å²) in [6.07, 6.45) is 1.60. The lowest BCUT2D eigenvalue weighted by Gasteiger charge is -2.10. The van der Waals surface area contributed by atoms with Crippen molar-refractivity contribution in [3.63, 3.8) is 0 Å². The topological polar surface area (TPSA) is 9.23 Å². The molecule has 0 N–H and O–H groups in total. The SMILES string of the molecule is CCSCC(CC)OC. The predicted molar refractivity (Wildman–Crippen MR) is 44.1 cm³/mol. The van der Waals surface area contributed by atoms with Gasteiger partial charge in [-0.3, -0.25) is 0 Å². The van der Waals surface area contributed by atoms with Gasteiger partial charge in [0.1, 0.15) is 0 Å². The Morgan fingerprint density at radius 1 is 1.44 bits per heavy atom. The number of hydrogen-bond donors (Lipinski definition) is 0. The summed E-state index contributed by atoms with van der Waals surface area (Å²) >= 11 is 1.94. The van der Waals surface area contributed by atoms with Crippen molar-refractivity contribution in [1.29, 1.82) is 0 Å². The van der Waals surface area contributed by atoms with Gasteiger partial charge >= 0.3 is 0 Å². The van der Waals surface area contributed by atoms with Crippen molar-refractivity contribution in [3.05, 3.63) is 0 Å². The van der Waals surface area contributed by atoms with E-state index in [0.29, 0.717) is 6.10 Å². The summed E-state index contributed by atoms with van der Waals surface area (Å²) in [5.41, 5.74) is 0. The summed E-state index contributed by atoms with van der Waals surface area (Å²) in [7, 11) is 1.78. The molecular formula is C7H16OS. The van der Waals surface area contributed by atoms with Gasteiger partial charge in [-0.2, -0.15) is 11.8 Å². The predicted octanol–water partition coefficient (Wildman–Crippen LogP) is 2.16. The fraction of sp³-hybridized carbons (Fsp3) is 1.00.